The molecular weight excluding hydrogens is 334 g/mol. The number of benzene rings is 2. The molecule has 0 fully saturated rings. The summed E-state index contributed by atoms with van der Waals surface area (Å²) in [6.45, 7) is 3.86. The van der Waals surface area contributed by atoms with Gasteiger partial charge >= 0.3 is 0 Å². The topological polar surface area (TPSA) is 46.6 Å². The number of rotatable bonds is 5. The van der Waals surface area contributed by atoms with Gasteiger partial charge in [0.05, 0.1) is 23.3 Å². The zero-order valence-corrected chi connectivity index (χ0v) is 15.2. The Balaban J connectivity index is 2.17. The highest BCUT2D eigenvalue weighted by atomic mass is 32.2. The molecule has 0 unspecified atom stereocenters. The van der Waals surface area contributed by atoms with Crippen molar-refractivity contribution in [3.8, 4) is 5.75 Å². The second-order valence-corrected chi connectivity index (χ2v) is 6.84. The fourth-order valence-electron chi connectivity index (χ4n) is 2.91. The van der Waals surface area contributed by atoms with Gasteiger partial charge in [0.15, 0.2) is 0 Å². The number of para-hydroxylation sites is 2. The molecule has 128 valence electrons. The highest BCUT2D eigenvalue weighted by molar-refractivity contribution is 8.04. The SMILES string of the molecule is CCSC1=C(c2ccccc2OC)C(=O)N(c2ccccc2C)C1=O. The number of hydrogen-bond acceptors (Lipinski definition) is 4. The lowest BCUT2D eigenvalue weighted by Crippen LogP contribution is -2.31. The lowest BCUT2D eigenvalue weighted by molar-refractivity contribution is -0.119. The Kier molecular flexibility index (Phi) is 4.95. The summed E-state index contributed by atoms with van der Waals surface area (Å²) >= 11 is 1.39. The molecule has 1 aliphatic heterocycles. The molecular formula is C20H19NO3S. The Bertz CT molecular complexity index is 873. The Hall–Kier alpha value is -2.53. The maximum atomic E-state index is 13.2. The molecule has 3 rings (SSSR count). The number of ether oxygens (including phenoxy) is 1. The molecule has 0 aromatic heterocycles. The van der Waals surface area contributed by atoms with Gasteiger partial charge < -0.3 is 4.74 Å². The van der Waals surface area contributed by atoms with Crippen LogP contribution in [0.4, 0.5) is 5.69 Å². The first kappa shape index (κ1) is 17.3. The quantitative estimate of drug-likeness (QED) is 0.761. The predicted octanol–water partition coefficient (Wildman–Crippen LogP) is 4.04. The van der Waals surface area contributed by atoms with Crippen molar-refractivity contribution < 1.29 is 14.3 Å². The fraction of sp³-hybridized carbons (Fsp3) is 0.200. The highest BCUT2D eigenvalue weighted by Gasteiger charge is 2.41. The second kappa shape index (κ2) is 7.15. The summed E-state index contributed by atoms with van der Waals surface area (Å²) in [7, 11) is 1.56. The molecule has 1 heterocycles. The van der Waals surface area contributed by atoms with Gasteiger partial charge in [-0.2, -0.15) is 0 Å². The number of thioether (sulfide) groups is 1. The van der Waals surface area contributed by atoms with E-state index in [0.717, 1.165) is 5.56 Å². The highest BCUT2D eigenvalue weighted by Crippen LogP contribution is 2.41. The van der Waals surface area contributed by atoms with Crippen LogP contribution in [0.15, 0.2) is 53.4 Å². The minimum atomic E-state index is -0.306. The van der Waals surface area contributed by atoms with E-state index < -0.39 is 0 Å². The fourth-order valence-corrected chi connectivity index (χ4v) is 3.75. The first-order valence-electron chi connectivity index (χ1n) is 8.05. The van der Waals surface area contributed by atoms with Crippen LogP contribution in [0.3, 0.4) is 0 Å². The molecule has 5 heteroatoms. The van der Waals surface area contributed by atoms with E-state index in [-0.39, 0.29) is 11.8 Å². The lowest BCUT2D eigenvalue weighted by Gasteiger charge is -2.17. The zero-order chi connectivity index (χ0) is 18.0. The third-order valence-corrected chi connectivity index (χ3v) is 5.02. The summed E-state index contributed by atoms with van der Waals surface area (Å²) in [6.07, 6.45) is 0. The first-order chi connectivity index (χ1) is 12.1. The van der Waals surface area contributed by atoms with Crippen LogP contribution in [0, 0.1) is 6.92 Å². The van der Waals surface area contributed by atoms with Crippen molar-refractivity contribution >= 4 is 34.8 Å². The third kappa shape index (κ3) is 2.96. The molecule has 2 amide bonds. The molecule has 1 aliphatic rings. The van der Waals surface area contributed by atoms with Crippen LogP contribution in [0.25, 0.3) is 5.57 Å². The van der Waals surface area contributed by atoms with Crippen molar-refractivity contribution in [2.24, 2.45) is 0 Å². The van der Waals surface area contributed by atoms with Crippen LogP contribution < -0.4 is 9.64 Å². The van der Waals surface area contributed by atoms with Crippen molar-refractivity contribution in [1.82, 2.24) is 0 Å². The predicted molar refractivity (Wildman–Crippen MR) is 102 cm³/mol. The maximum Gasteiger partial charge on any atom is 0.272 e. The Labute approximate surface area is 151 Å². The van der Waals surface area contributed by atoms with E-state index in [2.05, 4.69) is 0 Å². The summed E-state index contributed by atoms with van der Waals surface area (Å²) in [4.78, 5) is 28.0. The van der Waals surface area contributed by atoms with Crippen molar-refractivity contribution in [1.29, 1.82) is 0 Å². The number of amides is 2. The molecule has 2 aromatic carbocycles. The summed E-state index contributed by atoms with van der Waals surface area (Å²) in [5, 5.41) is 0. The average molecular weight is 353 g/mol. The van der Waals surface area contributed by atoms with Crippen LogP contribution in [-0.4, -0.2) is 24.7 Å². The smallest absolute Gasteiger partial charge is 0.272 e. The van der Waals surface area contributed by atoms with Crippen LogP contribution in [0.2, 0.25) is 0 Å². The van der Waals surface area contributed by atoms with Crippen LogP contribution in [0.1, 0.15) is 18.1 Å². The zero-order valence-electron chi connectivity index (χ0n) is 14.4. The van der Waals surface area contributed by atoms with Gasteiger partial charge in [0, 0.05) is 5.56 Å². The molecule has 0 spiro atoms. The standard InChI is InChI=1S/C20H19NO3S/c1-4-25-18-17(14-10-6-8-12-16(14)24-3)19(22)21(20(18)23)15-11-7-5-9-13(15)2/h5-12H,4H2,1-3H3. The van der Waals surface area contributed by atoms with E-state index in [1.807, 2.05) is 50.2 Å². The van der Waals surface area contributed by atoms with Crippen LogP contribution in [0.5, 0.6) is 5.75 Å². The number of carbonyl (C=O) groups is 2. The summed E-state index contributed by atoms with van der Waals surface area (Å²) in [5.41, 5.74) is 2.57. The van der Waals surface area contributed by atoms with Gasteiger partial charge in [-0.05, 0) is 30.4 Å². The molecule has 25 heavy (non-hydrogen) atoms. The van der Waals surface area contributed by atoms with Crippen molar-refractivity contribution in [3.05, 3.63) is 64.6 Å². The number of methoxy groups -OCH3 is 1. The molecule has 0 aliphatic carbocycles. The number of hydrogen-bond donors (Lipinski definition) is 0. The third-order valence-electron chi connectivity index (χ3n) is 4.06. The Morgan fingerprint density at radius 1 is 1.00 bits per heavy atom. The van der Waals surface area contributed by atoms with Gasteiger partial charge in [-0.3, -0.25) is 9.59 Å². The van der Waals surface area contributed by atoms with Crippen molar-refractivity contribution in [2.45, 2.75) is 13.8 Å². The van der Waals surface area contributed by atoms with E-state index in [1.165, 1.54) is 16.7 Å². The van der Waals surface area contributed by atoms with E-state index in [0.29, 0.717) is 33.2 Å². The van der Waals surface area contributed by atoms with Crippen molar-refractivity contribution in [3.63, 3.8) is 0 Å². The van der Waals surface area contributed by atoms with Gasteiger partial charge in [-0.15, -0.1) is 11.8 Å². The molecule has 2 aromatic rings. The average Bonchev–Trinajstić information content (AvgIpc) is 2.86. The number of carbonyl (C=O) groups excluding carboxylic acids is 2. The number of aryl methyl sites for hydroxylation is 1. The molecule has 0 saturated heterocycles. The van der Waals surface area contributed by atoms with E-state index in [1.54, 1.807) is 19.2 Å². The lowest BCUT2D eigenvalue weighted by atomic mass is 10.0. The largest absolute Gasteiger partial charge is 0.496 e. The first-order valence-corrected chi connectivity index (χ1v) is 9.03. The number of anilines is 1. The molecule has 0 radical (unpaired) electrons. The number of nitrogens with zero attached hydrogens (tertiary/aromatic N) is 1. The van der Waals surface area contributed by atoms with Crippen LogP contribution >= 0.6 is 11.8 Å². The Morgan fingerprint density at radius 2 is 1.68 bits per heavy atom. The molecule has 0 atom stereocenters. The summed E-state index contributed by atoms with van der Waals surface area (Å²) in [5.74, 6) is 0.709. The maximum absolute atomic E-state index is 13.2. The van der Waals surface area contributed by atoms with Gasteiger partial charge in [0.1, 0.15) is 5.75 Å². The molecule has 4 nitrogen and oxygen atoms in total. The summed E-state index contributed by atoms with van der Waals surface area (Å²) in [6, 6.07) is 14.7. The second-order valence-electron chi connectivity index (χ2n) is 5.57. The van der Waals surface area contributed by atoms with E-state index in [4.69, 9.17) is 4.74 Å². The number of imide groups is 1. The van der Waals surface area contributed by atoms with Crippen molar-refractivity contribution in [2.75, 3.05) is 17.8 Å². The van der Waals surface area contributed by atoms with Gasteiger partial charge in [-0.1, -0.05) is 43.3 Å². The summed E-state index contributed by atoms with van der Waals surface area (Å²) < 4.78 is 5.41. The van der Waals surface area contributed by atoms with Gasteiger partial charge in [-0.25, -0.2) is 4.90 Å². The molecule has 0 bridgehead atoms. The van der Waals surface area contributed by atoms with E-state index >= 15 is 0 Å². The van der Waals surface area contributed by atoms with Gasteiger partial charge in [0.2, 0.25) is 0 Å². The van der Waals surface area contributed by atoms with Crippen LogP contribution in [-0.2, 0) is 9.59 Å². The van der Waals surface area contributed by atoms with E-state index in [9.17, 15) is 9.59 Å². The van der Waals surface area contributed by atoms with Gasteiger partial charge in [0.25, 0.3) is 11.8 Å². The minimum absolute atomic E-state index is 0.271. The molecule has 0 saturated carbocycles. The monoisotopic (exact) mass is 353 g/mol. The molecule has 0 N–H and O–H groups in total. The minimum Gasteiger partial charge on any atom is -0.496 e. The normalized spacial score (nSPS) is 14.4. The Morgan fingerprint density at radius 3 is 2.36 bits per heavy atom.